The van der Waals surface area contributed by atoms with E-state index in [0.717, 1.165) is 30.6 Å². The molecule has 2 rings (SSSR count). The fraction of sp³-hybridized carbons (Fsp3) is 0.615. The minimum Gasteiger partial charge on any atom is -0.400 e. The highest BCUT2D eigenvalue weighted by Crippen LogP contribution is 2.27. The fourth-order valence-corrected chi connectivity index (χ4v) is 3.86. The summed E-state index contributed by atoms with van der Waals surface area (Å²) in [5, 5.41) is 7.69. The third-order valence-corrected chi connectivity index (χ3v) is 5.81. The van der Waals surface area contributed by atoms with Gasteiger partial charge in [-0.15, -0.1) is 0 Å². The van der Waals surface area contributed by atoms with E-state index in [1.54, 1.807) is 18.7 Å². The van der Waals surface area contributed by atoms with E-state index in [0.29, 0.717) is 22.8 Å². The highest BCUT2D eigenvalue weighted by molar-refractivity contribution is 7.79. The minimum atomic E-state index is 0.145. The van der Waals surface area contributed by atoms with E-state index in [1.807, 2.05) is 52.8 Å². The molecule has 0 saturated heterocycles. The number of carbonyl (C=O) groups excluding carboxylic acids is 1. The number of ketones is 1. The van der Waals surface area contributed by atoms with Crippen molar-refractivity contribution >= 4 is 30.0 Å². The Morgan fingerprint density at radius 2 is 1.33 bits per heavy atom. The van der Waals surface area contributed by atoms with Crippen LogP contribution in [0.4, 0.5) is 0 Å². The lowest BCUT2D eigenvalue weighted by atomic mass is 9.85. The molecule has 0 spiro atoms. The third-order valence-electron chi connectivity index (χ3n) is 5.45. The molecule has 1 atom stereocenters. The van der Waals surface area contributed by atoms with Gasteiger partial charge in [0.25, 0.3) is 0 Å². The number of allylic oxidation sites excluding steroid dienone is 1. The number of rotatable bonds is 8. The maximum Gasteiger partial charge on any atom is 0.134 e. The van der Waals surface area contributed by atoms with E-state index in [-0.39, 0.29) is 5.78 Å². The molecule has 43 heavy (non-hydrogen) atoms. The Morgan fingerprint density at radius 3 is 1.67 bits per heavy atom. The van der Waals surface area contributed by atoms with Crippen molar-refractivity contribution in [3.05, 3.63) is 81.4 Å². The quantitative estimate of drug-likeness (QED) is 0.223. The summed E-state index contributed by atoms with van der Waals surface area (Å²) in [6.07, 6.45) is 5.60. The number of aryl methyl sites for hydroxylation is 1. The first kappa shape index (κ1) is 51.0. The third kappa shape index (κ3) is 30.3. The molecule has 2 aromatic rings. The Morgan fingerprint density at radius 1 is 0.884 bits per heavy atom. The monoisotopic (exact) mass is 638 g/mol. The summed E-state index contributed by atoms with van der Waals surface area (Å²) in [4.78, 5) is 10.9. The van der Waals surface area contributed by atoms with E-state index >= 15 is 0 Å². The van der Waals surface area contributed by atoms with Gasteiger partial charge in [-0.05, 0) is 91.0 Å². The molecule has 0 saturated carbocycles. The number of hydrogen-bond acceptors (Lipinski definition) is 3. The number of Topliss-reactive ketones (excluding diaryl/α,β-unsaturated/α-hetero) is 1. The smallest absolute Gasteiger partial charge is 0.134 e. The summed E-state index contributed by atoms with van der Waals surface area (Å²) in [5.74, 6) is 1.51. The molecular weight excluding hydrogens is 568 g/mol. The number of aliphatic hydroxyl groups is 1. The second-order valence-corrected chi connectivity index (χ2v) is 12.3. The van der Waals surface area contributed by atoms with Crippen molar-refractivity contribution < 1.29 is 9.90 Å². The predicted octanol–water partition coefficient (Wildman–Crippen LogP) is 12.6. The largest absolute Gasteiger partial charge is 0.400 e. The van der Waals surface area contributed by atoms with E-state index in [9.17, 15) is 4.79 Å². The second kappa shape index (κ2) is 31.9. The first-order valence-corrected chi connectivity index (χ1v) is 17.2. The van der Waals surface area contributed by atoms with Crippen molar-refractivity contribution in [3.63, 3.8) is 0 Å². The number of halogens is 1. The molecule has 2 nitrogen and oxygen atoms in total. The number of aliphatic hydroxyl groups excluding tert-OH is 1. The number of hydrogen-bond donors (Lipinski definition) is 2. The molecule has 4 heteroatoms. The van der Waals surface area contributed by atoms with Crippen LogP contribution in [-0.4, -0.2) is 24.3 Å². The first-order valence-electron chi connectivity index (χ1n) is 15.9. The molecule has 0 radical (unpaired) electrons. The summed E-state index contributed by atoms with van der Waals surface area (Å²) >= 11 is 9.45. The Balaban J connectivity index is -0.000000166. The lowest BCUT2D eigenvalue weighted by Crippen LogP contribution is -2.07. The van der Waals surface area contributed by atoms with Gasteiger partial charge < -0.3 is 5.11 Å². The number of carbonyl (C=O) groups is 1. The van der Waals surface area contributed by atoms with Crippen LogP contribution in [0.25, 0.3) is 0 Å². The van der Waals surface area contributed by atoms with Gasteiger partial charge in [0.05, 0.1) is 0 Å². The molecule has 0 bridgehead atoms. The average Bonchev–Trinajstić information content (AvgIpc) is 2.95. The van der Waals surface area contributed by atoms with Crippen LogP contribution in [0.5, 0.6) is 0 Å². The molecule has 0 aliphatic rings. The predicted molar refractivity (Wildman–Crippen MR) is 204 cm³/mol. The van der Waals surface area contributed by atoms with Gasteiger partial charge in [0.2, 0.25) is 0 Å². The molecule has 0 aromatic heterocycles. The van der Waals surface area contributed by atoms with Gasteiger partial charge in [-0.25, -0.2) is 0 Å². The fourth-order valence-electron chi connectivity index (χ4n) is 3.57. The van der Waals surface area contributed by atoms with Crippen LogP contribution in [-0.2, 0) is 24.1 Å². The zero-order valence-corrected chi connectivity index (χ0v) is 33.0. The first-order chi connectivity index (χ1) is 20.1. The zero-order valence-electron chi connectivity index (χ0n) is 31.3. The van der Waals surface area contributed by atoms with E-state index in [4.69, 9.17) is 16.7 Å². The van der Waals surface area contributed by atoms with Crippen LogP contribution in [0.3, 0.4) is 0 Å². The Hall–Kier alpha value is -1.55. The summed E-state index contributed by atoms with van der Waals surface area (Å²) in [5.41, 5.74) is 8.36. The second-order valence-electron chi connectivity index (χ2n) is 11.9. The van der Waals surface area contributed by atoms with Crippen LogP contribution in [0.15, 0.2) is 48.6 Å². The maximum atomic E-state index is 10.9. The minimum absolute atomic E-state index is 0.145. The lowest BCUT2D eigenvalue weighted by Gasteiger charge is -2.20. The molecule has 2 aromatic carbocycles. The van der Waals surface area contributed by atoms with E-state index in [2.05, 4.69) is 99.7 Å². The topological polar surface area (TPSA) is 37.3 Å². The lowest BCUT2D eigenvalue weighted by molar-refractivity contribution is -0.116. The van der Waals surface area contributed by atoms with Crippen molar-refractivity contribution in [2.75, 3.05) is 13.4 Å². The highest BCUT2D eigenvalue weighted by Gasteiger charge is 2.13. The van der Waals surface area contributed by atoms with Crippen LogP contribution >= 0.6 is 24.2 Å². The van der Waals surface area contributed by atoms with Gasteiger partial charge in [0, 0.05) is 18.6 Å². The molecular formula is C39H71ClO2S. The normalized spacial score (nSPS) is 10.1. The van der Waals surface area contributed by atoms with Gasteiger partial charge in [0.1, 0.15) is 5.78 Å². The molecule has 0 heterocycles. The van der Waals surface area contributed by atoms with Gasteiger partial charge in [-0.3, -0.25) is 4.79 Å². The summed E-state index contributed by atoms with van der Waals surface area (Å²) in [6.45, 7) is 35.7. The zero-order chi connectivity index (χ0) is 35.3. The van der Waals surface area contributed by atoms with Crippen molar-refractivity contribution in [3.8, 4) is 0 Å². The summed E-state index contributed by atoms with van der Waals surface area (Å²) in [7, 11) is 1.00. The van der Waals surface area contributed by atoms with Gasteiger partial charge >= 0.3 is 0 Å². The van der Waals surface area contributed by atoms with Crippen molar-refractivity contribution in [1.29, 1.82) is 0 Å². The molecule has 0 unspecified atom stereocenters. The van der Waals surface area contributed by atoms with Crippen molar-refractivity contribution in [2.45, 2.75) is 135 Å². The standard InChI is InChI=1S/C18H28.C10H11ClO.C5H12.2C2H6.CH4O.CH4S/c1-7-15(6)12-18-16(11-13(2)3)9-8-10-17(18)14(4)5;1-7-4-3-5-10(11)9(7)6-8(2)12;1-5(2,3)4;4*1-2/h8-10,14-15H,2,7,11-12H2,1,3-6H3;3-5H,6H2,1-2H3;1-4H3;2*1-2H3;2*2H,1H3/t15-;;;;;;/m0....../s1. The number of benzene rings is 2. The Kier molecular flexibility index (Phi) is 37.8. The molecule has 0 fully saturated rings. The van der Waals surface area contributed by atoms with Crippen molar-refractivity contribution in [2.24, 2.45) is 11.3 Å². The SMILES string of the molecule is C=C(C)Cc1cccc(C(C)C)c1C[C@@H](C)CC.CC.CC.CC(=O)Cc1c(C)cccc1Cl.CC(C)(C)C.CO.CS. The van der Waals surface area contributed by atoms with E-state index in [1.165, 1.54) is 29.5 Å². The van der Waals surface area contributed by atoms with Gasteiger partial charge in [0.15, 0.2) is 0 Å². The van der Waals surface area contributed by atoms with Gasteiger partial charge in [-0.2, -0.15) is 12.6 Å². The molecule has 0 amide bonds. The van der Waals surface area contributed by atoms with Crippen LogP contribution in [0.2, 0.25) is 5.02 Å². The van der Waals surface area contributed by atoms with Crippen LogP contribution in [0.1, 0.15) is 137 Å². The number of thiol groups is 1. The Bertz CT molecular complexity index is 916. The van der Waals surface area contributed by atoms with Gasteiger partial charge in [-0.1, -0.05) is 144 Å². The average molecular weight is 640 g/mol. The van der Waals surface area contributed by atoms with Crippen LogP contribution < -0.4 is 0 Å². The highest BCUT2D eigenvalue weighted by atomic mass is 35.5. The van der Waals surface area contributed by atoms with E-state index < -0.39 is 0 Å². The summed E-state index contributed by atoms with van der Waals surface area (Å²) < 4.78 is 0. The molecule has 0 aliphatic carbocycles. The Labute approximate surface area is 280 Å². The molecule has 1 N–H and O–H groups in total. The maximum absolute atomic E-state index is 10.9. The van der Waals surface area contributed by atoms with Crippen LogP contribution in [0, 0.1) is 18.3 Å². The molecule has 252 valence electrons. The van der Waals surface area contributed by atoms with Crippen molar-refractivity contribution in [1.82, 2.24) is 0 Å². The molecule has 0 aliphatic heterocycles. The summed E-state index contributed by atoms with van der Waals surface area (Å²) in [6, 6.07) is 12.4.